The molecule has 0 bridgehead atoms. The van der Waals surface area contributed by atoms with Crippen molar-refractivity contribution in [1.29, 1.82) is 0 Å². The lowest BCUT2D eigenvalue weighted by Crippen LogP contribution is -2.41. The van der Waals surface area contributed by atoms with Crippen LogP contribution in [-0.4, -0.2) is 48.1 Å². The largest absolute Gasteiger partial charge is 0.481 e. The number of hydrogen-bond acceptors (Lipinski definition) is 3. The van der Waals surface area contributed by atoms with Gasteiger partial charge in [0.1, 0.15) is 0 Å². The molecule has 6 heteroatoms. The van der Waals surface area contributed by atoms with E-state index < -0.39 is 5.97 Å². The van der Waals surface area contributed by atoms with E-state index in [1.807, 2.05) is 0 Å². The summed E-state index contributed by atoms with van der Waals surface area (Å²) in [5, 5.41) is 11.6. The molecular weight excluding hydrogens is 268 g/mol. The highest BCUT2D eigenvalue weighted by Gasteiger charge is 2.15. The highest BCUT2D eigenvalue weighted by molar-refractivity contribution is 5.85. The van der Waals surface area contributed by atoms with Crippen molar-refractivity contribution in [3.63, 3.8) is 0 Å². The van der Waals surface area contributed by atoms with Crippen LogP contribution in [0.3, 0.4) is 0 Å². The number of nitrogens with one attached hydrogen (secondary N) is 1. The number of hydrogen-bond donors (Lipinski definition) is 2. The van der Waals surface area contributed by atoms with Crippen LogP contribution in [0.4, 0.5) is 0 Å². The van der Waals surface area contributed by atoms with Crippen molar-refractivity contribution < 1.29 is 14.7 Å². The van der Waals surface area contributed by atoms with Crippen LogP contribution in [0.15, 0.2) is 0 Å². The summed E-state index contributed by atoms with van der Waals surface area (Å²) in [6.07, 6.45) is 7.15. The van der Waals surface area contributed by atoms with Crippen molar-refractivity contribution in [2.45, 2.75) is 51.0 Å². The Morgan fingerprint density at radius 2 is 1.79 bits per heavy atom. The molecule has 1 saturated carbocycles. The Labute approximate surface area is 121 Å². The smallest absolute Gasteiger partial charge is 0.304 e. The van der Waals surface area contributed by atoms with Gasteiger partial charge in [-0.2, -0.15) is 0 Å². The van der Waals surface area contributed by atoms with Gasteiger partial charge in [-0.15, -0.1) is 12.4 Å². The van der Waals surface area contributed by atoms with Gasteiger partial charge in [-0.05, 0) is 19.9 Å². The molecule has 19 heavy (non-hydrogen) atoms. The molecule has 0 aromatic rings. The molecule has 1 aliphatic rings. The number of carbonyl (C=O) groups is 2. The zero-order valence-corrected chi connectivity index (χ0v) is 12.4. The number of nitrogens with zero attached hydrogens (tertiary/aromatic N) is 1. The second-order valence-electron chi connectivity index (χ2n) is 5.14. The zero-order chi connectivity index (χ0) is 13.4. The molecule has 0 aromatic heterocycles. The quantitative estimate of drug-likeness (QED) is 0.731. The number of likely N-dealkylation sites (N-methyl/N-ethyl adjacent to an activating group) is 1. The first-order valence-electron chi connectivity index (χ1n) is 6.77. The summed E-state index contributed by atoms with van der Waals surface area (Å²) in [5.41, 5.74) is 0. The summed E-state index contributed by atoms with van der Waals surface area (Å²) in [6, 6.07) is 0.313. The molecule has 0 saturated heterocycles. The molecule has 0 aromatic carbocycles. The fourth-order valence-electron chi connectivity index (χ4n) is 2.31. The first kappa shape index (κ1) is 18.2. The lowest BCUT2D eigenvalue weighted by molar-refractivity contribution is -0.137. The molecule has 0 radical (unpaired) electrons. The lowest BCUT2D eigenvalue weighted by Gasteiger charge is -2.19. The Bertz CT molecular complexity index is 279. The average Bonchev–Trinajstić information content (AvgIpc) is 2.54. The molecule has 112 valence electrons. The van der Waals surface area contributed by atoms with E-state index in [0.717, 1.165) is 12.8 Å². The summed E-state index contributed by atoms with van der Waals surface area (Å²) >= 11 is 0. The standard InChI is InChI=1S/C13H24N2O3.ClH/c1-15(9-8-13(17)18)10-12(16)14-11-6-4-2-3-5-7-11;/h11H,2-10H2,1H3,(H,14,16)(H,17,18);1H. The minimum Gasteiger partial charge on any atom is -0.481 e. The number of rotatable bonds is 6. The number of carboxylic acids is 1. The van der Waals surface area contributed by atoms with Crippen LogP contribution in [0.5, 0.6) is 0 Å². The Kier molecular flexibility index (Phi) is 9.61. The molecule has 1 rings (SSSR count). The predicted molar refractivity (Wildman–Crippen MR) is 76.6 cm³/mol. The number of carbonyl (C=O) groups excluding carboxylic acids is 1. The van der Waals surface area contributed by atoms with Gasteiger partial charge in [0, 0.05) is 12.6 Å². The molecule has 0 aliphatic heterocycles. The maximum absolute atomic E-state index is 11.8. The van der Waals surface area contributed by atoms with Crippen LogP contribution >= 0.6 is 12.4 Å². The molecule has 0 heterocycles. The van der Waals surface area contributed by atoms with E-state index in [2.05, 4.69) is 5.32 Å². The van der Waals surface area contributed by atoms with Crippen LogP contribution in [0, 0.1) is 0 Å². The lowest BCUT2D eigenvalue weighted by atomic mass is 10.1. The van der Waals surface area contributed by atoms with E-state index in [0.29, 0.717) is 12.6 Å². The fraction of sp³-hybridized carbons (Fsp3) is 0.846. The van der Waals surface area contributed by atoms with Crippen molar-refractivity contribution in [2.75, 3.05) is 20.1 Å². The van der Waals surface area contributed by atoms with Gasteiger partial charge in [0.2, 0.25) is 5.91 Å². The molecule has 0 atom stereocenters. The first-order valence-corrected chi connectivity index (χ1v) is 6.77. The van der Waals surface area contributed by atoms with Crippen LogP contribution in [0.2, 0.25) is 0 Å². The number of amides is 1. The Hall–Kier alpha value is -0.810. The summed E-state index contributed by atoms with van der Waals surface area (Å²) in [6.45, 7) is 0.692. The summed E-state index contributed by atoms with van der Waals surface area (Å²) in [5.74, 6) is -0.819. The van der Waals surface area contributed by atoms with E-state index in [-0.39, 0.29) is 31.3 Å². The highest BCUT2D eigenvalue weighted by Crippen LogP contribution is 2.16. The van der Waals surface area contributed by atoms with Crippen molar-refractivity contribution in [1.82, 2.24) is 10.2 Å². The zero-order valence-electron chi connectivity index (χ0n) is 11.6. The second-order valence-corrected chi connectivity index (χ2v) is 5.14. The number of aliphatic carboxylic acids is 1. The van der Waals surface area contributed by atoms with Gasteiger partial charge in [0.25, 0.3) is 0 Å². The Morgan fingerprint density at radius 3 is 2.32 bits per heavy atom. The van der Waals surface area contributed by atoms with Gasteiger partial charge in [0.15, 0.2) is 0 Å². The molecule has 2 N–H and O–H groups in total. The van der Waals surface area contributed by atoms with Crippen LogP contribution in [0.25, 0.3) is 0 Å². The van der Waals surface area contributed by atoms with E-state index in [1.54, 1.807) is 11.9 Å². The molecule has 0 unspecified atom stereocenters. The topological polar surface area (TPSA) is 69.6 Å². The Morgan fingerprint density at radius 1 is 1.21 bits per heavy atom. The van der Waals surface area contributed by atoms with Crippen molar-refractivity contribution in [2.24, 2.45) is 0 Å². The van der Waals surface area contributed by atoms with E-state index in [9.17, 15) is 9.59 Å². The minimum atomic E-state index is -0.828. The second kappa shape index (κ2) is 10.0. The van der Waals surface area contributed by atoms with Gasteiger partial charge in [-0.3, -0.25) is 14.5 Å². The van der Waals surface area contributed by atoms with Crippen LogP contribution < -0.4 is 5.32 Å². The third-order valence-electron chi connectivity index (χ3n) is 3.34. The number of halogens is 1. The van der Waals surface area contributed by atoms with Crippen molar-refractivity contribution >= 4 is 24.3 Å². The van der Waals surface area contributed by atoms with E-state index in [1.165, 1.54) is 25.7 Å². The summed E-state index contributed by atoms with van der Waals surface area (Å²) in [4.78, 5) is 23.9. The van der Waals surface area contributed by atoms with Gasteiger partial charge in [-0.1, -0.05) is 25.7 Å². The highest BCUT2D eigenvalue weighted by atomic mass is 35.5. The first-order chi connectivity index (χ1) is 8.58. The van der Waals surface area contributed by atoms with E-state index >= 15 is 0 Å². The van der Waals surface area contributed by atoms with Crippen molar-refractivity contribution in [3.8, 4) is 0 Å². The normalized spacial score (nSPS) is 16.5. The van der Waals surface area contributed by atoms with Gasteiger partial charge < -0.3 is 10.4 Å². The van der Waals surface area contributed by atoms with Crippen LogP contribution in [-0.2, 0) is 9.59 Å². The Balaban J connectivity index is 0.00000324. The maximum atomic E-state index is 11.8. The molecule has 5 nitrogen and oxygen atoms in total. The SMILES string of the molecule is CN(CCC(=O)O)CC(=O)NC1CCCCCC1.Cl. The van der Waals surface area contributed by atoms with E-state index in [4.69, 9.17) is 5.11 Å². The fourth-order valence-corrected chi connectivity index (χ4v) is 2.31. The molecule has 0 spiro atoms. The minimum absolute atomic E-state index is 0. The molecule has 1 fully saturated rings. The molecule has 1 aliphatic carbocycles. The van der Waals surface area contributed by atoms with Crippen molar-refractivity contribution in [3.05, 3.63) is 0 Å². The summed E-state index contributed by atoms with van der Waals surface area (Å²) < 4.78 is 0. The third-order valence-corrected chi connectivity index (χ3v) is 3.34. The summed E-state index contributed by atoms with van der Waals surface area (Å²) in [7, 11) is 1.77. The molecule has 1 amide bonds. The van der Waals surface area contributed by atoms with Crippen LogP contribution in [0.1, 0.15) is 44.9 Å². The predicted octanol–water partition coefficient (Wildman–Crippen LogP) is 1.65. The molecular formula is C13H25ClN2O3. The van der Waals surface area contributed by atoms with Gasteiger partial charge >= 0.3 is 5.97 Å². The van der Waals surface area contributed by atoms with Gasteiger partial charge in [-0.25, -0.2) is 0 Å². The van der Waals surface area contributed by atoms with Gasteiger partial charge in [0.05, 0.1) is 13.0 Å². The monoisotopic (exact) mass is 292 g/mol. The third kappa shape index (κ3) is 8.83. The number of carboxylic acid groups (broad SMARTS) is 1. The average molecular weight is 293 g/mol. The maximum Gasteiger partial charge on any atom is 0.304 e.